The monoisotopic (exact) mass is 235 g/mol. The molecule has 17 heavy (non-hydrogen) atoms. The molecule has 0 saturated carbocycles. The Kier molecular flexibility index (Phi) is 5.42. The van der Waals surface area contributed by atoms with E-state index in [0.29, 0.717) is 12.1 Å². The van der Waals surface area contributed by atoms with Crippen LogP contribution in [-0.4, -0.2) is 24.6 Å². The zero-order valence-corrected chi connectivity index (χ0v) is 11.7. The number of rotatable bonds is 6. The number of pyridine rings is 1. The molecular formula is C14H25N3. The van der Waals surface area contributed by atoms with Crippen molar-refractivity contribution in [2.75, 3.05) is 18.5 Å². The van der Waals surface area contributed by atoms with Crippen molar-refractivity contribution in [1.82, 2.24) is 10.3 Å². The Morgan fingerprint density at radius 3 is 2.35 bits per heavy atom. The van der Waals surface area contributed by atoms with Gasteiger partial charge in [-0.1, -0.05) is 6.92 Å². The summed E-state index contributed by atoms with van der Waals surface area (Å²) < 4.78 is 0. The third kappa shape index (κ3) is 3.43. The Bertz CT molecular complexity index is 315. The second-order valence-corrected chi connectivity index (χ2v) is 4.57. The molecule has 3 nitrogen and oxygen atoms in total. The SMILES string of the molecule is CCC(NC)c1ccc(N(CC)C(C)C)cn1. The second-order valence-electron chi connectivity index (χ2n) is 4.57. The number of hydrogen-bond acceptors (Lipinski definition) is 3. The second kappa shape index (κ2) is 6.60. The maximum atomic E-state index is 4.57. The van der Waals surface area contributed by atoms with Gasteiger partial charge in [-0.3, -0.25) is 4.98 Å². The summed E-state index contributed by atoms with van der Waals surface area (Å²) >= 11 is 0. The first-order chi connectivity index (χ1) is 8.13. The van der Waals surface area contributed by atoms with Crippen molar-refractivity contribution in [3.05, 3.63) is 24.0 Å². The first-order valence-electron chi connectivity index (χ1n) is 6.53. The van der Waals surface area contributed by atoms with E-state index in [1.807, 2.05) is 13.2 Å². The van der Waals surface area contributed by atoms with E-state index in [1.54, 1.807) is 0 Å². The van der Waals surface area contributed by atoms with Crippen molar-refractivity contribution in [3.8, 4) is 0 Å². The lowest BCUT2D eigenvalue weighted by Gasteiger charge is -2.27. The van der Waals surface area contributed by atoms with E-state index in [4.69, 9.17) is 0 Å². The van der Waals surface area contributed by atoms with Crippen LogP contribution in [0.5, 0.6) is 0 Å². The lowest BCUT2D eigenvalue weighted by molar-refractivity contribution is 0.561. The van der Waals surface area contributed by atoms with Gasteiger partial charge in [-0.2, -0.15) is 0 Å². The van der Waals surface area contributed by atoms with Gasteiger partial charge in [-0.25, -0.2) is 0 Å². The lowest BCUT2D eigenvalue weighted by atomic mass is 10.1. The molecule has 0 aliphatic rings. The van der Waals surface area contributed by atoms with Gasteiger partial charge in [0.2, 0.25) is 0 Å². The Morgan fingerprint density at radius 2 is 2.00 bits per heavy atom. The highest BCUT2D eigenvalue weighted by Crippen LogP contribution is 2.19. The molecule has 0 bridgehead atoms. The molecule has 0 fully saturated rings. The van der Waals surface area contributed by atoms with Crippen LogP contribution in [0.2, 0.25) is 0 Å². The molecule has 0 amide bonds. The molecule has 0 aromatic carbocycles. The van der Waals surface area contributed by atoms with Crippen molar-refractivity contribution in [3.63, 3.8) is 0 Å². The number of nitrogens with one attached hydrogen (secondary N) is 1. The fraction of sp³-hybridized carbons (Fsp3) is 0.643. The third-order valence-corrected chi connectivity index (χ3v) is 3.18. The molecular weight excluding hydrogens is 210 g/mol. The predicted molar refractivity (Wildman–Crippen MR) is 74.5 cm³/mol. The molecule has 0 radical (unpaired) electrons. The van der Waals surface area contributed by atoms with Gasteiger partial charge in [0.15, 0.2) is 0 Å². The molecule has 1 heterocycles. The third-order valence-electron chi connectivity index (χ3n) is 3.18. The van der Waals surface area contributed by atoms with Crippen LogP contribution >= 0.6 is 0 Å². The molecule has 0 saturated heterocycles. The maximum Gasteiger partial charge on any atom is 0.0574 e. The standard InChI is InChI=1S/C14H25N3/c1-6-13(15-5)14-9-8-12(10-16-14)17(7-2)11(3)4/h8-11,13,15H,6-7H2,1-5H3. The zero-order chi connectivity index (χ0) is 12.8. The summed E-state index contributed by atoms with van der Waals surface area (Å²) in [5.74, 6) is 0. The van der Waals surface area contributed by atoms with E-state index in [1.165, 1.54) is 5.69 Å². The molecule has 0 aliphatic heterocycles. The minimum atomic E-state index is 0.359. The minimum absolute atomic E-state index is 0.359. The normalized spacial score (nSPS) is 12.8. The van der Waals surface area contributed by atoms with Gasteiger partial charge in [0.05, 0.1) is 17.6 Å². The van der Waals surface area contributed by atoms with Crippen LogP contribution in [0.15, 0.2) is 18.3 Å². The van der Waals surface area contributed by atoms with E-state index in [2.05, 4.69) is 55.0 Å². The fourth-order valence-corrected chi connectivity index (χ4v) is 2.18. The van der Waals surface area contributed by atoms with Gasteiger partial charge >= 0.3 is 0 Å². The number of hydrogen-bond donors (Lipinski definition) is 1. The van der Waals surface area contributed by atoms with Crippen LogP contribution in [0.3, 0.4) is 0 Å². The van der Waals surface area contributed by atoms with E-state index in [9.17, 15) is 0 Å². The first kappa shape index (κ1) is 14.0. The Morgan fingerprint density at radius 1 is 1.29 bits per heavy atom. The molecule has 0 aliphatic carbocycles. The first-order valence-corrected chi connectivity index (χ1v) is 6.53. The summed E-state index contributed by atoms with van der Waals surface area (Å²) in [6, 6.07) is 5.17. The molecule has 1 N–H and O–H groups in total. The molecule has 1 aromatic rings. The summed E-state index contributed by atoms with van der Waals surface area (Å²) in [4.78, 5) is 6.91. The summed E-state index contributed by atoms with van der Waals surface area (Å²) in [5, 5.41) is 3.28. The summed E-state index contributed by atoms with van der Waals surface area (Å²) in [6.07, 6.45) is 3.04. The van der Waals surface area contributed by atoms with E-state index < -0.39 is 0 Å². The number of aromatic nitrogens is 1. The van der Waals surface area contributed by atoms with Crippen LogP contribution in [-0.2, 0) is 0 Å². The predicted octanol–water partition coefficient (Wildman–Crippen LogP) is 2.99. The van der Waals surface area contributed by atoms with Gasteiger partial charge in [-0.05, 0) is 46.4 Å². The number of anilines is 1. The molecule has 96 valence electrons. The van der Waals surface area contributed by atoms with E-state index in [0.717, 1.165) is 18.7 Å². The van der Waals surface area contributed by atoms with Gasteiger partial charge in [0.1, 0.15) is 0 Å². The van der Waals surface area contributed by atoms with Gasteiger partial charge in [-0.15, -0.1) is 0 Å². The van der Waals surface area contributed by atoms with Gasteiger partial charge in [0.25, 0.3) is 0 Å². The highest BCUT2D eigenvalue weighted by molar-refractivity contribution is 5.45. The molecule has 1 aromatic heterocycles. The van der Waals surface area contributed by atoms with Crippen LogP contribution in [0.1, 0.15) is 45.9 Å². The smallest absolute Gasteiger partial charge is 0.0574 e. The molecule has 3 heteroatoms. The number of nitrogens with zero attached hydrogens (tertiary/aromatic N) is 2. The highest BCUT2D eigenvalue weighted by atomic mass is 15.1. The van der Waals surface area contributed by atoms with Crippen LogP contribution in [0, 0.1) is 0 Å². The summed E-state index contributed by atoms with van der Waals surface area (Å²) in [7, 11) is 1.98. The van der Waals surface area contributed by atoms with Crippen molar-refractivity contribution in [2.24, 2.45) is 0 Å². The van der Waals surface area contributed by atoms with Gasteiger partial charge in [0, 0.05) is 18.6 Å². The van der Waals surface area contributed by atoms with Crippen molar-refractivity contribution >= 4 is 5.69 Å². The average molecular weight is 235 g/mol. The minimum Gasteiger partial charge on any atom is -0.368 e. The highest BCUT2D eigenvalue weighted by Gasteiger charge is 2.11. The average Bonchev–Trinajstić information content (AvgIpc) is 2.33. The van der Waals surface area contributed by atoms with Crippen LogP contribution < -0.4 is 10.2 Å². The van der Waals surface area contributed by atoms with E-state index in [-0.39, 0.29) is 0 Å². The van der Waals surface area contributed by atoms with Crippen molar-refractivity contribution in [2.45, 2.75) is 46.2 Å². The van der Waals surface area contributed by atoms with Crippen LogP contribution in [0.4, 0.5) is 5.69 Å². The Balaban J connectivity index is 2.86. The molecule has 1 rings (SSSR count). The lowest BCUT2D eigenvalue weighted by Crippen LogP contribution is -2.30. The van der Waals surface area contributed by atoms with Crippen LogP contribution in [0.25, 0.3) is 0 Å². The van der Waals surface area contributed by atoms with Gasteiger partial charge < -0.3 is 10.2 Å². The molecule has 0 spiro atoms. The van der Waals surface area contributed by atoms with E-state index >= 15 is 0 Å². The quantitative estimate of drug-likeness (QED) is 0.821. The largest absolute Gasteiger partial charge is 0.368 e. The van der Waals surface area contributed by atoms with Crippen molar-refractivity contribution in [1.29, 1.82) is 0 Å². The Labute approximate surface area is 105 Å². The Hall–Kier alpha value is -1.09. The summed E-state index contributed by atoms with van der Waals surface area (Å²) in [6.45, 7) is 9.78. The zero-order valence-electron chi connectivity index (χ0n) is 11.7. The fourth-order valence-electron chi connectivity index (χ4n) is 2.18. The summed E-state index contributed by atoms with van der Waals surface area (Å²) in [5.41, 5.74) is 2.33. The maximum absolute atomic E-state index is 4.57. The molecule has 1 atom stereocenters. The van der Waals surface area contributed by atoms with Crippen molar-refractivity contribution < 1.29 is 0 Å². The molecule has 1 unspecified atom stereocenters. The topological polar surface area (TPSA) is 28.2 Å².